The summed E-state index contributed by atoms with van der Waals surface area (Å²) in [5.74, 6) is -0.0588. The van der Waals surface area contributed by atoms with Crippen LogP contribution in [-0.2, 0) is 16.0 Å². The Bertz CT molecular complexity index is 802. The average molecular weight is 393 g/mol. The molecule has 0 saturated carbocycles. The van der Waals surface area contributed by atoms with Crippen LogP contribution in [0.4, 0.5) is 10.8 Å². The molecule has 6 nitrogen and oxygen atoms in total. The summed E-state index contributed by atoms with van der Waals surface area (Å²) >= 11 is 7.56. The third kappa shape index (κ3) is 5.03. The fraction of sp³-hybridized carbons (Fsp3) is 0.389. The Labute approximate surface area is 161 Å². The van der Waals surface area contributed by atoms with Crippen molar-refractivity contribution >= 4 is 45.6 Å². The summed E-state index contributed by atoms with van der Waals surface area (Å²) < 4.78 is 0. The summed E-state index contributed by atoms with van der Waals surface area (Å²) in [5.41, 5.74) is 1.70. The van der Waals surface area contributed by atoms with E-state index in [1.54, 1.807) is 12.3 Å². The summed E-state index contributed by atoms with van der Waals surface area (Å²) in [5, 5.41) is 10.2. The number of thiazole rings is 1. The van der Waals surface area contributed by atoms with Crippen LogP contribution in [0.5, 0.6) is 0 Å². The monoisotopic (exact) mass is 392 g/mol. The quantitative estimate of drug-likeness (QED) is 0.729. The molecule has 0 aliphatic carbocycles. The molecule has 8 heteroatoms. The van der Waals surface area contributed by atoms with Crippen molar-refractivity contribution < 1.29 is 9.59 Å². The van der Waals surface area contributed by atoms with E-state index in [4.69, 9.17) is 11.6 Å². The number of halogens is 1. The van der Waals surface area contributed by atoms with Crippen molar-refractivity contribution in [3.63, 3.8) is 0 Å². The molecule has 1 aromatic carbocycles. The summed E-state index contributed by atoms with van der Waals surface area (Å²) in [4.78, 5) is 28.9. The maximum atomic E-state index is 12.6. The van der Waals surface area contributed by atoms with E-state index in [1.165, 1.54) is 18.3 Å². The van der Waals surface area contributed by atoms with Gasteiger partial charge in [0.25, 0.3) is 0 Å². The minimum atomic E-state index is -0.149. The van der Waals surface area contributed by atoms with Gasteiger partial charge in [0.2, 0.25) is 11.8 Å². The minimum Gasteiger partial charge on any atom is -0.326 e. The van der Waals surface area contributed by atoms with Gasteiger partial charge in [-0.25, -0.2) is 4.98 Å². The molecule has 26 heavy (non-hydrogen) atoms. The number of carbonyl (C=O) groups excluding carboxylic acids is 2. The van der Waals surface area contributed by atoms with E-state index in [-0.39, 0.29) is 17.7 Å². The van der Waals surface area contributed by atoms with Gasteiger partial charge in [-0.1, -0.05) is 11.6 Å². The molecule has 0 atom stereocenters. The zero-order valence-electron chi connectivity index (χ0n) is 14.5. The number of hydrogen-bond acceptors (Lipinski definition) is 5. The van der Waals surface area contributed by atoms with Crippen molar-refractivity contribution in [3.8, 4) is 0 Å². The normalized spacial score (nSPS) is 14.8. The number of benzene rings is 1. The van der Waals surface area contributed by atoms with Gasteiger partial charge in [0, 0.05) is 41.0 Å². The molecule has 1 fully saturated rings. The van der Waals surface area contributed by atoms with Crippen LogP contribution in [0.25, 0.3) is 0 Å². The molecule has 1 aromatic heterocycles. The molecular formula is C18H21ClN4O2S. The highest BCUT2D eigenvalue weighted by Gasteiger charge is 2.21. The maximum Gasteiger partial charge on any atom is 0.227 e. The second-order valence-corrected chi connectivity index (χ2v) is 7.86. The van der Waals surface area contributed by atoms with Crippen LogP contribution in [-0.4, -0.2) is 29.9 Å². The SMILES string of the molecule is CC(=O)Nc1ncc(Cc2cc(Cl)ccc2NC(=O)C2CCNCC2)s1. The fourth-order valence-electron chi connectivity index (χ4n) is 2.93. The molecule has 0 unspecified atom stereocenters. The Morgan fingerprint density at radius 1 is 1.31 bits per heavy atom. The molecule has 138 valence electrons. The smallest absolute Gasteiger partial charge is 0.227 e. The lowest BCUT2D eigenvalue weighted by atomic mass is 9.97. The lowest BCUT2D eigenvalue weighted by Crippen LogP contribution is -2.34. The first-order valence-corrected chi connectivity index (χ1v) is 9.73. The zero-order chi connectivity index (χ0) is 18.5. The Morgan fingerprint density at radius 3 is 2.81 bits per heavy atom. The molecule has 2 heterocycles. The van der Waals surface area contributed by atoms with Gasteiger partial charge in [0.05, 0.1) is 0 Å². The topological polar surface area (TPSA) is 83.1 Å². The maximum absolute atomic E-state index is 12.6. The van der Waals surface area contributed by atoms with E-state index in [0.29, 0.717) is 16.6 Å². The molecule has 1 aliphatic heterocycles. The molecule has 1 aliphatic rings. The lowest BCUT2D eigenvalue weighted by molar-refractivity contribution is -0.120. The van der Waals surface area contributed by atoms with E-state index < -0.39 is 0 Å². The Morgan fingerprint density at radius 2 is 2.08 bits per heavy atom. The summed E-state index contributed by atoms with van der Waals surface area (Å²) in [6.45, 7) is 3.20. The van der Waals surface area contributed by atoms with Crippen LogP contribution >= 0.6 is 22.9 Å². The minimum absolute atomic E-state index is 0.0366. The fourth-order valence-corrected chi connectivity index (χ4v) is 4.01. The highest BCUT2D eigenvalue weighted by Crippen LogP contribution is 2.28. The van der Waals surface area contributed by atoms with Gasteiger partial charge in [-0.05, 0) is 49.7 Å². The van der Waals surface area contributed by atoms with Crippen molar-refractivity contribution in [2.75, 3.05) is 23.7 Å². The van der Waals surface area contributed by atoms with Crippen molar-refractivity contribution in [2.45, 2.75) is 26.2 Å². The van der Waals surface area contributed by atoms with Crippen molar-refractivity contribution in [1.82, 2.24) is 10.3 Å². The van der Waals surface area contributed by atoms with Crippen LogP contribution in [0, 0.1) is 5.92 Å². The summed E-state index contributed by atoms with van der Waals surface area (Å²) in [7, 11) is 0. The van der Waals surface area contributed by atoms with Gasteiger partial charge in [0.15, 0.2) is 5.13 Å². The first-order valence-electron chi connectivity index (χ1n) is 8.53. The predicted octanol–water partition coefficient (Wildman–Crippen LogP) is 3.28. The molecule has 3 rings (SSSR count). The highest BCUT2D eigenvalue weighted by atomic mass is 35.5. The second kappa shape index (κ2) is 8.62. The zero-order valence-corrected chi connectivity index (χ0v) is 16.0. The van der Waals surface area contributed by atoms with Crippen LogP contribution in [0.2, 0.25) is 5.02 Å². The van der Waals surface area contributed by atoms with Gasteiger partial charge >= 0.3 is 0 Å². The first kappa shape index (κ1) is 18.8. The highest BCUT2D eigenvalue weighted by molar-refractivity contribution is 7.15. The number of anilines is 2. The van der Waals surface area contributed by atoms with Crippen molar-refractivity contribution in [2.24, 2.45) is 5.92 Å². The van der Waals surface area contributed by atoms with Gasteiger partial charge in [-0.2, -0.15) is 0 Å². The van der Waals surface area contributed by atoms with Gasteiger partial charge in [-0.3, -0.25) is 9.59 Å². The number of carbonyl (C=O) groups is 2. The molecular weight excluding hydrogens is 372 g/mol. The number of rotatable bonds is 5. The average Bonchev–Trinajstić information content (AvgIpc) is 3.04. The first-order chi connectivity index (χ1) is 12.5. The number of hydrogen-bond donors (Lipinski definition) is 3. The third-order valence-electron chi connectivity index (χ3n) is 4.24. The largest absolute Gasteiger partial charge is 0.326 e. The van der Waals surface area contributed by atoms with E-state index in [1.807, 2.05) is 12.1 Å². The molecule has 0 radical (unpaired) electrons. The lowest BCUT2D eigenvalue weighted by Gasteiger charge is -2.22. The Balaban J connectivity index is 1.74. The molecule has 2 aromatic rings. The summed E-state index contributed by atoms with van der Waals surface area (Å²) in [6.07, 6.45) is 4.02. The molecule has 1 saturated heterocycles. The third-order valence-corrected chi connectivity index (χ3v) is 5.38. The van der Waals surface area contributed by atoms with Crippen LogP contribution in [0.15, 0.2) is 24.4 Å². The number of piperidine rings is 1. The Kier molecular flexibility index (Phi) is 6.24. The predicted molar refractivity (Wildman–Crippen MR) is 105 cm³/mol. The molecule has 3 N–H and O–H groups in total. The van der Waals surface area contributed by atoms with Crippen LogP contribution in [0.1, 0.15) is 30.2 Å². The Hall–Kier alpha value is -1.96. The molecule has 0 spiro atoms. The number of nitrogens with one attached hydrogen (secondary N) is 3. The number of aromatic nitrogens is 1. The second-order valence-electron chi connectivity index (χ2n) is 6.30. The summed E-state index contributed by atoms with van der Waals surface area (Å²) in [6, 6.07) is 5.47. The number of nitrogens with zero attached hydrogens (tertiary/aromatic N) is 1. The van der Waals surface area contributed by atoms with Crippen LogP contribution < -0.4 is 16.0 Å². The molecule has 0 bridgehead atoms. The molecule has 2 amide bonds. The standard InChI is InChI=1S/C18H21ClN4O2S/c1-11(24)22-18-21-10-15(26-18)9-13-8-14(19)2-3-16(13)23-17(25)12-4-6-20-7-5-12/h2-3,8,10,12,20H,4-7,9H2,1H3,(H,23,25)(H,21,22,24). The van der Waals surface area contributed by atoms with E-state index in [2.05, 4.69) is 20.9 Å². The van der Waals surface area contributed by atoms with E-state index in [9.17, 15) is 9.59 Å². The number of amides is 2. The van der Waals surface area contributed by atoms with Gasteiger partial charge < -0.3 is 16.0 Å². The van der Waals surface area contributed by atoms with Crippen LogP contribution in [0.3, 0.4) is 0 Å². The van der Waals surface area contributed by atoms with Crippen molar-refractivity contribution in [3.05, 3.63) is 39.9 Å². The van der Waals surface area contributed by atoms with E-state index >= 15 is 0 Å². The van der Waals surface area contributed by atoms with Crippen molar-refractivity contribution in [1.29, 1.82) is 0 Å². The van der Waals surface area contributed by atoms with Gasteiger partial charge in [-0.15, -0.1) is 11.3 Å². The van der Waals surface area contributed by atoms with E-state index in [0.717, 1.165) is 42.1 Å². The van der Waals surface area contributed by atoms with Gasteiger partial charge in [0.1, 0.15) is 0 Å².